The Morgan fingerprint density at radius 3 is 2.78 bits per heavy atom. The standard InChI is InChI=1S/C23H24ClN3O4S/c1-14(2)31-23(29)20-15-7-3-6-10-19(15)32-22(20)26-21(28)17-11-12-25-27(17)13-30-18-9-5-4-8-16(18)24/h4-5,8-9,11-12,14H,3,6-7,10,13H2,1-2H3,(H,26,28). The van der Waals surface area contributed by atoms with Gasteiger partial charge in [0.25, 0.3) is 5.91 Å². The molecule has 0 bridgehead atoms. The number of rotatable bonds is 7. The number of nitrogens with one attached hydrogen (secondary N) is 1. The van der Waals surface area contributed by atoms with Gasteiger partial charge < -0.3 is 14.8 Å². The molecule has 1 aliphatic carbocycles. The van der Waals surface area contributed by atoms with Crippen molar-refractivity contribution in [2.75, 3.05) is 5.32 Å². The van der Waals surface area contributed by atoms with Crippen LogP contribution >= 0.6 is 22.9 Å². The normalized spacial score (nSPS) is 13.0. The molecule has 168 valence electrons. The van der Waals surface area contributed by atoms with Crippen molar-refractivity contribution in [3.05, 3.63) is 63.2 Å². The number of aryl methyl sites for hydroxylation is 1. The zero-order chi connectivity index (χ0) is 22.7. The van der Waals surface area contributed by atoms with Gasteiger partial charge in [0.2, 0.25) is 0 Å². The van der Waals surface area contributed by atoms with E-state index in [1.165, 1.54) is 22.2 Å². The Bertz CT molecular complexity index is 1140. The van der Waals surface area contributed by atoms with Gasteiger partial charge >= 0.3 is 5.97 Å². The zero-order valence-corrected chi connectivity index (χ0v) is 19.5. The summed E-state index contributed by atoms with van der Waals surface area (Å²) in [4.78, 5) is 27.0. The molecule has 7 nitrogen and oxygen atoms in total. The topological polar surface area (TPSA) is 82.5 Å². The number of thiophene rings is 1. The molecule has 1 amide bonds. The Morgan fingerprint density at radius 1 is 1.22 bits per heavy atom. The number of hydrogen-bond donors (Lipinski definition) is 1. The summed E-state index contributed by atoms with van der Waals surface area (Å²) in [6.07, 6.45) is 5.10. The largest absolute Gasteiger partial charge is 0.470 e. The first-order valence-corrected chi connectivity index (χ1v) is 11.7. The Morgan fingerprint density at radius 2 is 2.00 bits per heavy atom. The van der Waals surface area contributed by atoms with Crippen molar-refractivity contribution < 1.29 is 19.1 Å². The second-order valence-corrected chi connectivity index (χ2v) is 9.26. The lowest BCUT2D eigenvalue weighted by Crippen LogP contribution is -2.21. The minimum absolute atomic E-state index is 0.0165. The van der Waals surface area contributed by atoms with Crippen LogP contribution in [0.3, 0.4) is 0 Å². The Kier molecular flexibility index (Phi) is 6.81. The van der Waals surface area contributed by atoms with Crippen LogP contribution in [0.4, 0.5) is 5.00 Å². The van der Waals surface area contributed by atoms with Crippen molar-refractivity contribution >= 4 is 39.8 Å². The van der Waals surface area contributed by atoms with Crippen molar-refractivity contribution in [2.45, 2.75) is 52.4 Å². The van der Waals surface area contributed by atoms with Crippen LogP contribution in [-0.4, -0.2) is 27.8 Å². The molecule has 0 aliphatic heterocycles. The number of nitrogens with zero attached hydrogens (tertiary/aromatic N) is 2. The smallest absolute Gasteiger partial charge is 0.341 e. The van der Waals surface area contributed by atoms with E-state index in [0.717, 1.165) is 36.1 Å². The van der Waals surface area contributed by atoms with E-state index >= 15 is 0 Å². The minimum atomic E-state index is -0.398. The highest BCUT2D eigenvalue weighted by Gasteiger charge is 2.28. The van der Waals surface area contributed by atoms with E-state index in [1.54, 1.807) is 18.2 Å². The van der Waals surface area contributed by atoms with Crippen LogP contribution in [-0.2, 0) is 24.3 Å². The van der Waals surface area contributed by atoms with E-state index in [-0.39, 0.29) is 18.7 Å². The number of amides is 1. The number of fused-ring (bicyclic) bond motifs is 1. The average Bonchev–Trinajstić information content (AvgIpc) is 3.36. The lowest BCUT2D eigenvalue weighted by molar-refractivity contribution is 0.0378. The van der Waals surface area contributed by atoms with E-state index in [9.17, 15) is 9.59 Å². The van der Waals surface area contributed by atoms with Gasteiger partial charge in [-0.1, -0.05) is 23.7 Å². The van der Waals surface area contributed by atoms with Gasteiger partial charge in [-0.3, -0.25) is 4.79 Å². The van der Waals surface area contributed by atoms with Crippen molar-refractivity contribution in [2.24, 2.45) is 0 Å². The summed E-state index contributed by atoms with van der Waals surface area (Å²) in [5.41, 5.74) is 1.79. The Labute approximate surface area is 195 Å². The number of benzene rings is 1. The van der Waals surface area contributed by atoms with Gasteiger partial charge in [-0.25, -0.2) is 9.48 Å². The molecule has 9 heteroatoms. The third-order valence-corrected chi connectivity index (χ3v) is 6.59. The van der Waals surface area contributed by atoms with Gasteiger partial charge in [0, 0.05) is 11.1 Å². The number of carbonyl (C=O) groups is 2. The number of para-hydroxylation sites is 1. The minimum Gasteiger partial charge on any atom is -0.470 e. The Balaban J connectivity index is 1.55. The fourth-order valence-corrected chi connectivity index (χ4v) is 5.09. The molecular formula is C23H24ClN3O4S. The maximum atomic E-state index is 13.1. The highest BCUT2D eigenvalue weighted by Crippen LogP contribution is 2.39. The predicted octanol–water partition coefficient (Wildman–Crippen LogP) is 5.33. The second-order valence-electron chi connectivity index (χ2n) is 7.74. The first-order valence-electron chi connectivity index (χ1n) is 10.5. The molecule has 1 aromatic carbocycles. The fraction of sp³-hybridized carbons (Fsp3) is 0.348. The van der Waals surface area contributed by atoms with Gasteiger partial charge in [-0.05, 0) is 63.3 Å². The van der Waals surface area contributed by atoms with Crippen molar-refractivity contribution in [3.63, 3.8) is 0 Å². The SMILES string of the molecule is CC(C)OC(=O)c1c(NC(=O)c2ccnn2COc2ccccc2Cl)sc2c1CCCC2. The molecule has 2 heterocycles. The van der Waals surface area contributed by atoms with Crippen molar-refractivity contribution in [3.8, 4) is 5.75 Å². The molecule has 0 saturated carbocycles. The summed E-state index contributed by atoms with van der Waals surface area (Å²) in [5, 5.41) is 8.09. The van der Waals surface area contributed by atoms with E-state index in [2.05, 4.69) is 10.4 Å². The number of anilines is 1. The molecular weight excluding hydrogens is 450 g/mol. The van der Waals surface area contributed by atoms with E-state index in [1.807, 2.05) is 26.0 Å². The Hall–Kier alpha value is -2.84. The summed E-state index contributed by atoms with van der Waals surface area (Å²) >= 11 is 7.58. The van der Waals surface area contributed by atoms with E-state index in [0.29, 0.717) is 27.0 Å². The second kappa shape index (κ2) is 9.75. The van der Waals surface area contributed by atoms with Crippen LogP contribution in [0, 0.1) is 0 Å². The van der Waals surface area contributed by atoms with Crippen LogP contribution in [0.5, 0.6) is 5.75 Å². The number of hydrogen-bond acceptors (Lipinski definition) is 6. The maximum absolute atomic E-state index is 13.1. The predicted molar refractivity (Wildman–Crippen MR) is 124 cm³/mol. The molecule has 32 heavy (non-hydrogen) atoms. The lowest BCUT2D eigenvalue weighted by Gasteiger charge is -2.14. The first kappa shape index (κ1) is 22.4. The molecule has 0 radical (unpaired) electrons. The fourth-order valence-electron chi connectivity index (χ4n) is 3.63. The molecule has 0 atom stereocenters. The number of esters is 1. The number of aromatic nitrogens is 2. The van der Waals surface area contributed by atoms with E-state index < -0.39 is 5.97 Å². The van der Waals surface area contributed by atoms with Crippen molar-refractivity contribution in [1.29, 1.82) is 0 Å². The van der Waals surface area contributed by atoms with Gasteiger partial charge in [0.15, 0.2) is 6.73 Å². The summed E-state index contributed by atoms with van der Waals surface area (Å²) in [6.45, 7) is 3.64. The molecule has 3 aromatic rings. The van der Waals surface area contributed by atoms with Crippen molar-refractivity contribution in [1.82, 2.24) is 9.78 Å². The molecule has 0 unspecified atom stereocenters. The quantitative estimate of drug-likeness (QED) is 0.469. The molecule has 0 fully saturated rings. The molecule has 1 N–H and O–H groups in total. The van der Waals surface area contributed by atoms with Gasteiger partial charge in [-0.15, -0.1) is 11.3 Å². The third-order valence-electron chi connectivity index (χ3n) is 5.07. The van der Waals surface area contributed by atoms with Gasteiger partial charge in [0.05, 0.1) is 16.7 Å². The summed E-state index contributed by atoms with van der Waals surface area (Å²) in [6, 6.07) is 8.70. The van der Waals surface area contributed by atoms with Crippen LogP contribution in [0.2, 0.25) is 5.02 Å². The van der Waals surface area contributed by atoms with Gasteiger partial charge in [0.1, 0.15) is 16.4 Å². The van der Waals surface area contributed by atoms with Gasteiger partial charge in [-0.2, -0.15) is 5.10 Å². The zero-order valence-electron chi connectivity index (χ0n) is 17.9. The lowest BCUT2D eigenvalue weighted by atomic mass is 9.95. The monoisotopic (exact) mass is 473 g/mol. The number of halogens is 1. The molecule has 0 saturated heterocycles. The van der Waals surface area contributed by atoms with Crippen LogP contribution in [0.1, 0.15) is 58.0 Å². The summed E-state index contributed by atoms with van der Waals surface area (Å²) in [7, 11) is 0. The molecule has 2 aromatic heterocycles. The first-order chi connectivity index (χ1) is 15.4. The van der Waals surface area contributed by atoms with Crippen LogP contribution < -0.4 is 10.1 Å². The molecule has 4 rings (SSSR count). The summed E-state index contributed by atoms with van der Waals surface area (Å²) in [5.74, 6) is -0.270. The van der Waals surface area contributed by atoms with Crippen LogP contribution in [0.15, 0.2) is 36.5 Å². The highest BCUT2D eigenvalue weighted by atomic mass is 35.5. The average molecular weight is 474 g/mol. The van der Waals surface area contributed by atoms with E-state index in [4.69, 9.17) is 21.1 Å². The van der Waals surface area contributed by atoms with Crippen LogP contribution in [0.25, 0.3) is 0 Å². The molecule has 1 aliphatic rings. The maximum Gasteiger partial charge on any atom is 0.341 e. The molecule has 0 spiro atoms. The highest BCUT2D eigenvalue weighted by molar-refractivity contribution is 7.17. The third kappa shape index (κ3) is 4.81. The summed E-state index contributed by atoms with van der Waals surface area (Å²) < 4.78 is 12.6. The number of carbonyl (C=O) groups excluding carboxylic acids is 2. The number of ether oxygens (including phenoxy) is 2.